The van der Waals surface area contributed by atoms with Gasteiger partial charge < -0.3 is 14.6 Å². The molecule has 0 aliphatic rings. The Balaban J connectivity index is 1.92. The second-order valence-electron chi connectivity index (χ2n) is 3.73. The number of aromatic nitrogens is 2. The number of ether oxygens (including phenoxy) is 1. The van der Waals surface area contributed by atoms with Crippen molar-refractivity contribution in [3.05, 3.63) is 41.5 Å². The summed E-state index contributed by atoms with van der Waals surface area (Å²) in [6.45, 7) is 3.28. The lowest BCUT2D eigenvalue weighted by atomic mass is 10.3. The van der Waals surface area contributed by atoms with Crippen molar-refractivity contribution in [1.29, 1.82) is 0 Å². The zero-order valence-electron chi connectivity index (χ0n) is 9.93. The van der Waals surface area contributed by atoms with Crippen LogP contribution in [0.3, 0.4) is 0 Å². The number of rotatable bonds is 5. The monoisotopic (exact) mass is 233 g/mol. The van der Waals surface area contributed by atoms with Crippen LogP contribution in [0.2, 0.25) is 0 Å². The Morgan fingerprint density at radius 2 is 2.12 bits per heavy atom. The standard InChI is InChI=1S/C12H15N3O2/c1-9-5-12(16-2)6-11(14-9)8-13-7-10-3-4-17-15-10/h3-6,13H,7-8H2,1-2H3. The average molecular weight is 233 g/mol. The molecule has 5 nitrogen and oxygen atoms in total. The van der Waals surface area contributed by atoms with E-state index in [4.69, 9.17) is 9.26 Å². The molecule has 1 N–H and O–H groups in total. The molecule has 0 saturated heterocycles. The Labute approximate surface area is 99.8 Å². The molecule has 0 spiro atoms. The lowest BCUT2D eigenvalue weighted by molar-refractivity contribution is 0.407. The van der Waals surface area contributed by atoms with Crippen molar-refractivity contribution in [3.8, 4) is 5.75 Å². The van der Waals surface area contributed by atoms with E-state index < -0.39 is 0 Å². The number of hydrogen-bond acceptors (Lipinski definition) is 5. The summed E-state index contributed by atoms with van der Waals surface area (Å²) in [6.07, 6.45) is 1.56. The van der Waals surface area contributed by atoms with Crippen LogP contribution in [0.5, 0.6) is 5.75 Å². The van der Waals surface area contributed by atoms with E-state index in [-0.39, 0.29) is 0 Å². The molecule has 2 aromatic rings. The number of pyridine rings is 1. The van der Waals surface area contributed by atoms with E-state index in [1.807, 2.05) is 25.1 Å². The number of hydrogen-bond donors (Lipinski definition) is 1. The zero-order valence-corrected chi connectivity index (χ0v) is 9.93. The van der Waals surface area contributed by atoms with Gasteiger partial charge in [0.25, 0.3) is 0 Å². The van der Waals surface area contributed by atoms with Gasteiger partial charge in [-0.15, -0.1) is 0 Å². The van der Waals surface area contributed by atoms with Crippen molar-refractivity contribution in [1.82, 2.24) is 15.5 Å². The van der Waals surface area contributed by atoms with Gasteiger partial charge in [0, 0.05) is 37.0 Å². The molecule has 0 aliphatic heterocycles. The third-order valence-electron chi connectivity index (χ3n) is 2.32. The van der Waals surface area contributed by atoms with E-state index in [9.17, 15) is 0 Å². The molecule has 0 aliphatic carbocycles. The number of methoxy groups -OCH3 is 1. The molecule has 2 heterocycles. The van der Waals surface area contributed by atoms with Gasteiger partial charge in [0.2, 0.25) is 0 Å². The largest absolute Gasteiger partial charge is 0.497 e. The number of aryl methyl sites for hydroxylation is 1. The predicted octanol–water partition coefficient (Wildman–Crippen LogP) is 1.68. The summed E-state index contributed by atoms with van der Waals surface area (Å²) < 4.78 is 9.94. The summed E-state index contributed by atoms with van der Waals surface area (Å²) in [6, 6.07) is 5.65. The van der Waals surface area contributed by atoms with Crippen molar-refractivity contribution in [2.24, 2.45) is 0 Å². The van der Waals surface area contributed by atoms with E-state index >= 15 is 0 Å². The quantitative estimate of drug-likeness (QED) is 0.851. The van der Waals surface area contributed by atoms with Crippen LogP contribution in [-0.4, -0.2) is 17.3 Å². The van der Waals surface area contributed by atoms with E-state index in [2.05, 4.69) is 15.5 Å². The van der Waals surface area contributed by atoms with Crippen LogP contribution >= 0.6 is 0 Å². The maximum atomic E-state index is 5.19. The van der Waals surface area contributed by atoms with Crippen molar-refractivity contribution in [2.75, 3.05) is 7.11 Å². The zero-order chi connectivity index (χ0) is 12.1. The molecule has 0 aromatic carbocycles. The number of nitrogens with one attached hydrogen (secondary N) is 1. The Hall–Kier alpha value is -1.88. The van der Waals surface area contributed by atoms with Crippen LogP contribution < -0.4 is 10.1 Å². The first kappa shape index (κ1) is 11.6. The van der Waals surface area contributed by atoms with Crippen LogP contribution in [0, 0.1) is 6.92 Å². The van der Waals surface area contributed by atoms with Gasteiger partial charge in [-0.2, -0.15) is 0 Å². The molecule has 0 fully saturated rings. The van der Waals surface area contributed by atoms with Crippen LogP contribution in [0.1, 0.15) is 17.1 Å². The van der Waals surface area contributed by atoms with Gasteiger partial charge in [0.15, 0.2) is 0 Å². The molecule has 90 valence electrons. The van der Waals surface area contributed by atoms with Crippen LogP contribution in [0.4, 0.5) is 0 Å². The van der Waals surface area contributed by atoms with Crippen molar-refractivity contribution in [2.45, 2.75) is 20.0 Å². The van der Waals surface area contributed by atoms with Gasteiger partial charge in [-0.1, -0.05) is 5.16 Å². The van der Waals surface area contributed by atoms with Gasteiger partial charge in [-0.25, -0.2) is 0 Å². The van der Waals surface area contributed by atoms with E-state index in [1.165, 1.54) is 0 Å². The molecule has 0 atom stereocenters. The molecule has 0 radical (unpaired) electrons. The summed E-state index contributed by atoms with van der Waals surface area (Å²) in [5.41, 5.74) is 2.78. The molecule has 0 saturated carbocycles. The normalized spacial score (nSPS) is 10.5. The average Bonchev–Trinajstić information content (AvgIpc) is 2.81. The minimum Gasteiger partial charge on any atom is -0.497 e. The minimum absolute atomic E-state index is 0.661. The highest BCUT2D eigenvalue weighted by atomic mass is 16.5. The second kappa shape index (κ2) is 5.45. The van der Waals surface area contributed by atoms with Crippen molar-refractivity contribution in [3.63, 3.8) is 0 Å². The van der Waals surface area contributed by atoms with Crippen LogP contribution in [0.25, 0.3) is 0 Å². The summed E-state index contributed by atoms with van der Waals surface area (Å²) in [4.78, 5) is 4.41. The predicted molar refractivity (Wildman–Crippen MR) is 62.6 cm³/mol. The first-order valence-electron chi connectivity index (χ1n) is 5.39. The highest BCUT2D eigenvalue weighted by Gasteiger charge is 2.01. The Morgan fingerprint density at radius 1 is 1.29 bits per heavy atom. The molecule has 0 unspecified atom stereocenters. The second-order valence-corrected chi connectivity index (χ2v) is 3.73. The van der Waals surface area contributed by atoms with Gasteiger partial charge >= 0.3 is 0 Å². The topological polar surface area (TPSA) is 60.2 Å². The van der Waals surface area contributed by atoms with Crippen LogP contribution in [-0.2, 0) is 13.1 Å². The third-order valence-corrected chi connectivity index (χ3v) is 2.32. The maximum absolute atomic E-state index is 5.19. The van der Waals surface area contributed by atoms with E-state index in [0.717, 1.165) is 22.8 Å². The summed E-state index contributed by atoms with van der Waals surface area (Å²) in [5.74, 6) is 0.829. The van der Waals surface area contributed by atoms with Crippen LogP contribution in [0.15, 0.2) is 29.0 Å². The summed E-state index contributed by atoms with van der Waals surface area (Å²) in [5, 5.41) is 7.06. The number of nitrogens with zero attached hydrogens (tertiary/aromatic N) is 2. The van der Waals surface area contributed by atoms with Crippen molar-refractivity contribution < 1.29 is 9.26 Å². The fraction of sp³-hybridized carbons (Fsp3) is 0.333. The lowest BCUT2D eigenvalue weighted by Crippen LogP contribution is -2.14. The third kappa shape index (κ3) is 3.29. The first-order chi connectivity index (χ1) is 8.28. The summed E-state index contributed by atoms with van der Waals surface area (Å²) >= 11 is 0. The van der Waals surface area contributed by atoms with Gasteiger partial charge in [0.05, 0.1) is 18.5 Å². The highest BCUT2D eigenvalue weighted by molar-refractivity contribution is 5.26. The lowest BCUT2D eigenvalue weighted by Gasteiger charge is -2.06. The fourth-order valence-corrected chi connectivity index (χ4v) is 1.56. The molecule has 5 heteroatoms. The minimum atomic E-state index is 0.661. The smallest absolute Gasteiger partial charge is 0.124 e. The molecular formula is C12H15N3O2. The fourth-order valence-electron chi connectivity index (χ4n) is 1.56. The Morgan fingerprint density at radius 3 is 2.82 bits per heavy atom. The molecular weight excluding hydrogens is 218 g/mol. The maximum Gasteiger partial charge on any atom is 0.124 e. The van der Waals surface area contributed by atoms with Gasteiger partial charge in [-0.3, -0.25) is 4.98 Å². The summed E-state index contributed by atoms with van der Waals surface area (Å²) in [7, 11) is 1.65. The highest BCUT2D eigenvalue weighted by Crippen LogP contribution is 2.13. The molecule has 17 heavy (non-hydrogen) atoms. The van der Waals surface area contributed by atoms with Gasteiger partial charge in [-0.05, 0) is 6.92 Å². The molecule has 2 aromatic heterocycles. The SMILES string of the molecule is COc1cc(C)nc(CNCc2ccon2)c1. The van der Waals surface area contributed by atoms with E-state index in [1.54, 1.807) is 13.4 Å². The van der Waals surface area contributed by atoms with Crippen molar-refractivity contribution >= 4 is 0 Å². The molecule has 2 rings (SSSR count). The Bertz CT molecular complexity index is 469. The molecule has 0 amide bonds. The van der Waals surface area contributed by atoms with Gasteiger partial charge in [0.1, 0.15) is 12.0 Å². The van der Waals surface area contributed by atoms with E-state index in [0.29, 0.717) is 13.1 Å². The first-order valence-corrected chi connectivity index (χ1v) is 5.39. The Kier molecular flexibility index (Phi) is 3.72. The molecule has 0 bridgehead atoms.